The van der Waals surface area contributed by atoms with Crippen LogP contribution >= 0.6 is 0 Å². The van der Waals surface area contributed by atoms with Crippen LogP contribution in [-0.4, -0.2) is 6.61 Å². The monoisotopic (exact) mass is 269 g/mol. The molecule has 2 aromatic carbocycles. The van der Waals surface area contributed by atoms with Crippen LogP contribution in [0.15, 0.2) is 48.5 Å². The molecule has 0 aliphatic rings. The number of hydrogen-bond acceptors (Lipinski definition) is 2. The van der Waals surface area contributed by atoms with E-state index in [9.17, 15) is 0 Å². The summed E-state index contributed by atoms with van der Waals surface area (Å²) in [6.07, 6.45) is 0. The van der Waals surface area contributed by atoms with Crippen molar-refractivity contribution in [3.8, 4) is 0 Å². The van der Waals surface area contributed by atoms with Gasteiger partial charge in [-0.05, 0) is 38.0 Å². The van der Waals surface area contributed by atoms with Gasteiger partial charge in [0.05, 0.1) is 6.61 Å². The van der Waals surface area contributed by atoms with Crippen molar-refractivity contribution in [2.24, 2.45) is 0 Å². The number of rotatable bonds is 6. The molecule has 0 saturated heterocycles. The van der Waals surface area contributed by atoms with E-state index in [1.807, 2.05) is 6.92 Å². The van der Waals surface area contributed by atoms with Gasteiger partial charge in [-0.1, -0.05) is 42.5 Å². The first-order valence-electron chi connectivity index (χ1n) is 7.20. The molecule has 0 spiro atoms. The molecule has 20 heavy (non-hydrogen) atoms. The number of hydrogen-bond donors (Lipinski definition) is 1. The van der Waals surface area contributed by atoms with Crippen molar-refractivity contribution in [2.45, 2.75) is 33.4 Å². The third-order valence-electron chi connectivity index (χ3n) is 3.51. The fourth-order valence-corrected chi connectivity index (χ4v) is 2.38. The number of ether oxygens (including phenoxy) is 1. The van der Waals surface area contributed by atoms with Crippen LogP contribution in [0.5, 0.6) is 0 Å². The lowest BCUT2D eigenvalue weighted by atomic mass is 10.0. The molecule has 0 heterocycles. The van der Waals surface area contributed by atoms with Gasteiger partial charge in [-0.25, -0.2) is 0 Å². The van der Waals surface area contributed by atoms with Crippen LogP contribution in [0.1, 0.15) is 36.6 Å². The quantitative estimate of drug-likeness (QED) is 0.820. The maximum Gasteiger partial charge on any atom is 0.0736 e. The zero-order chi connectivity index (χ0) is 14.4. The van der Waals surface area contributed by atoms with Crippen LogP contribution in [0.2, 0.25) is 0 Å². The minimum absolute atomic E-state index is 0.277. The van der Waals surface area contributed by atoms with Crippen LogP contribution in [0.25, 0.3) is 0 Å². The van der Waals surface area contributed by atoms with E-state index in [1.165, 1.54) is 16.7 Å². The van der Waals surface area contributed by atoms with Gasteiger partial charge in [0.15, 0.2) is 0 Å². The molecule has 0 aliphatic carbocycles. The number of nitrogens with one attached hydrogen (secondary N) is 1. The highest BCUT2D eigenvalue weighted by atomic mass is 16.5. The van der Waals surface area contributed by atoms with E-state index in [1.54, 1.807) is 0 Å². The molecular formula is C18H23NO. The highest BCUT2D eigenvalue weighted by Crippen LogP contribution is 2.24. The molecule has 1 unspecified atom stereocenters. The zero-order valence-corrected chi connectivity index (χ0v) is 12.5. The van der Waals surface area contributed by atoms with Crippen molar-refractivity contribution in [2.75, 3.05) is 11.9 Å². The number of aryl methyl sites for hydroxylation is 1. The molecule has 0 bridgehead atoms. The minimum Gasteiger partial charge on any atom is -0.378 e. The first-order chi connectivity index (χ1) is 9.72. The van der Waals surface area contributed by atoms with Gasteiger partial charge in [0, 0.05) is 23.9 Å². The summed E-state index contributed by atoms with van der Waals surface area (Å²) in [7, 11) is 0. The van der Waals surface area contributed by atoms with Crippen molar-refractivity contribution in [1.82, 2.24) is 0 Å². The summed E-state index contributed by atoms with van der Waals surface area (Å²) >= 11 is 0. The summed E-state index contributed by atoms with van der Waals surface area (Å²) in [5.74, 6) is 0. The zero-order valence-electron chi connectivity index (χ0n) is 12.5. The average molecular weight is 269 g/mol. The first kappa shape index (κ1) is 14.6. The lowest BCUT2D eigenvalue weighted by molar-refractivity contribution is 0.134. The first-order valence-corrected chi connectivity index (χ1v) is 7.20. The summed E-state index contributed by atoms with van der Waals surface area (Å²) in [5, 5.41) is 3.60. The molecule has 0 amide bonds. The van der Waals surface area contributed by atoms with E-state index in [-0.39, 0.29) is 6.04 Å². The third-order valence-corrected chi connectivity index (χ3v) is 3.51. The standard InChI is InChI=1S/C18H23NO/c1-4-20-13-16-10-6-8-12-18(16)19-15(3)17-11-7-5-9-14(17)2/h5-12,15,19H,4,13H2,1-3H3. The Balaban J connectivity index is 2.15. The van der Waals surface area contributed by atoms with Crippen LogP contribution < -0.4 is 5.32 Å². The second-order valence-corrected chi connectivity index (χ2v) is 5.02. The molecule has 1 atom stereocenters. The van der Waals surface area contributed by atoms with Gasteiger partial charge in [-0.15, -0.1) is 0 Å². The largest absolute Gasteiger partial charge is 0.378 e. The predicted molar refractivity (Wildman–Crippen MR) is 85.0 cm³/mol. The molecule has 1 N–H and O–H groups in total. The Bertz CT molecular complexity index is 551. The molecule has 0 radical (unpaired) electrons. The van der Waals surface area contributed by atoms with Gasteiger partial charge in [0.25, 0.3) is 0 Å². The normalized spacial score (nSPS) is 12.2. The van der Waals surface area contributed by atoms with Gasteiger partial charge >= 0.3 is 0 Å². The van der Waals surface area contributed by atoms with E-state index >= 15 is 0 Å². The van der Waals surface area contributed by atoms with Gasteiger partial charge in [-0.3, -0.25) is 0 Å². The van der Waals surface area contributed by atoms with Gasteiger partial charge in [0.2, 0.25) is 0 Å². The molecule has 2 rings (SSSR count). The highest BCUT2D eigenvalue weighted by molar-refractivity contribution is 5.52. The minimum atomic E-state index is 0.277. The fraction of sp³-hybridized carbons (Fsp3) is 0.333. The second kappa shape index (κ2) is 7.11. The molecule has 0 fully saturated rings. The van der Waals surface area contributed by atoms with E-state index < -0.39 is 0 Å². The number of para-hydroxylation sites is 1. The van der Waals surface area contributed by atoms with E-state index in [4.69, 9.17) is 4.74 Å². The van der Waals surface area contributed by atoms with Gasteiger partial charge < -0.3 is 10.1 Å². The van der Waals surface area contributed by atoms with Crippen molar-refractivity contribution in [3.63, 3.8) is 0 Å². The predicted octanol–water partition coefficient (Wildman–Crippen LogP) is 4.70. The lowest BCUT2D eigenvalue weighted by Crippen LogP contribution is -2.10. The Morgan fingerprint density at radius 1 is 1.05 bits per heavy atom. The maximum atomic E-state index is 5.53. The SMILES string of the molecule is CCOCc1ccccc1NC(C)c1ccccc1C. The number of benzene rings is 2. The molecule has 2 aromatic rings. The van der Waals surface area contributed by atoms with Crippen LogP contribution in [-0.2, 0) is 11.3 Å². The third kappa shape index (κ3) is 3.61. The Morgan fingerprint density at radius 2 is 1.75 bits per heavy atom. The van der Waals surface area contributed by atoms with E-state index in [2.05, 4.69) is 67.7 Å². The second-order valence-electron chi connectivity index (χ2n) is 5.02. The molecule has 0 aromatic heterocycles. The Kier molecular flexibility index (Phi) is 5.19. The van der Waals surface area contributed by atoms with Gasteiger partial charge in [0.1, 0.15) is 0 Å². The lowest BCUT2D eigenvalue weighted by Gasteiger charge is -2.20. The Labute approximate surface area is 121 Å². The van der Waals surface area contributed by atoms with Crippen LogP contribution in [0.4, 0.5) is 5.69 Å². The molecule has 2 nitrogen and oxygen atoms in total. The summed E-state index contributed by atoms with van der Waals surface area (Å²) in [6, 6.07) is 17.1. The van der Waals surface area contributed by atoms with Crippen molar-refractivity contribution >= 4 is 5.69 Å². The molecule has 0 aliphatic heterocycles. The smallest absolute Gasteiger partial charge is 0.0736 e. The van der Waals surface area contributed by atoms with E-state index in [0.29, 0.717) is 6.61 Å². The van der Waals surface area contributed by atoms with Crippen molar-refractivity contribution in [1.29, 1.82) is 0 Å². The summed E-state index contributed by atoms with van der Waals surface area (Å²) in [4.78, 5) is 0. The van der Waals surface area contributed by atoms with Crippen molar-refractivity contribution in [3.05, 3.63) is 65.2 Å². The van der Waals surface area contributed by atoms with Crippen LogP contribution in [0.3, 0.4) is 0 Å². The summed E-state index contributed by atoms with van der Waals surface area (Å²) in [5.41, 5.74) is 5.00. The Morgan fingerprint density at radius 3 is 2.50 bits per heavy atom. The van der Waals surface area contributed by atoms with Crippen molar-refractivity contribution < 1.29 is 4.74 Å². The molecule has 106 valence electrons. The summed E-state index contributed by atoms with van der Waals surface area (Å²) < 4.78 is 5.53. The topological polar surface area (TPSA) is 21.3 Å². The molecule has 2 heteroatoms. The Hall–Kier alpha value is -1.80. The van der Waals surface area contributed by atoms with Gasteiger partial charge in [-0.2, -0.15) is 0 Å². The maximum absolute atomic E-state index is 5.53. The average Bonchev–Trinajstić information content (AvgIpc) is 2.46. The number of anilines is 1. The van der Waals surface area contributed by atoms with E-state index in [0.717, 1.165) is 12.3 Å². The van der Waals surface area contributed by atoms with Crippen LogP contribution in [0, 0.1) is 6.92 Å². The highest BCUT2D eigenvalue weighted by Gasteiger charge is 2.09. The fourth-order valence-electron chi connectivity index (χ4n) is 2.38. The molecule has 0 saturated carbocycles. The summed E-state index contributed by atoms with van der Waals surface area (Å²) in [6.45, 7) is 7.76. The molecular weight excluding hydrogens is 246 g/mol.